The summed E-state index contributed by atoms with van der Waals surface area (Å²) in [6.45, 7) is 3.51. The molecule has 2 heterocycles. The van der Waals surface area contributed by atoms with E-state index in [4.69, 9.17) is 16.3 Å². The summed E-state index contributed by atoms with van der Waals surface area (Å²) in [5.41, 5.74) is 3.31. The van der Waals surface area contributed by atoms with Gasteiger partial charge in [0, 0.05) is 23.9 Å². The molecule has 1 aromatic rings. The fourth-order valence-electron chi connectivity index (χ4n) is 3.09. The minimum absolute atomic E-state index is 0.115. The molecule has 0 aliphatic carbocycles. The Balaban J connectivity index is 1.95. The Bertz CT molecular complexity index is 509. The third kappa shape index (κ3) is 2.37. The van der Waals surface area contributed by atoms with Crippen molar-refractivity contribution in [2.24, 2.45) is 0 Å². The largest absolute Gasteiger partial charge is 0.368 e. The lowest BCUT2D eigenvalue weighted by Gasteiger charge is -2.32. The standard InChI is InChI=1S/C15H18ClNO2/c1-10-8-12(16)9-11-4-2-6-17(14(10)11)15(18)13-5-3-7-19-13/h8-9,13H,2-7H2,1H3. The molecule has 2 aliphatic heterocycles. The maximum Gasteiger partial charge on any atom is 0.256 e. The molecule has 3 rings (SSSR count). The maximum absolute atomic E-state index is 12.6. The first kappa shape index (κ1) is 12.9. The van der Waals surface area contributed by atoms with E-state index in [1.807, 2.05) is 24.0 Å². The molecule has 0 aromatic heterocycles. The summed E-state index contributed by atoms with van der Waals surface area (Å²) in [4.78, 5) is 14.5. The van der Waals surface area contributed by atoms with Crippen LogP contribution in [0.1, 0.15) is 30.4 Å². The normalized spacial score (nSPS) is 22.4. The quantitative estimate of drug-likeness (QED) is 0.790. The van der Waals surface area contributed by atoms with Gasteiger partial charge in [0.25, 0.3) is 5.91 Å². The van der Waals surface area contributed by atoms with Crippen LogP contribution >= 0.6 is 11.6 Å². The second-order valence-electron chi connectivity index (χ2n) is 5.33. The SMILES string of the molecule is Cc1cc(Cl)cc2c1N(C(=O)C1CCCO1)CCC2. The van der Waals surface area contributed by atoms with Crippen LogP contribution in [0.2, 0.25) is 5.02 Å². The number of halogens is 1. The van der Waals surface area contributed by atoms with Gasteiger partial charge in [-0.2, -0.15) is 0 Å². The number of hydrogen-bond donors (Lipinski definition) is 0. The Kier molecular flexibility index (Phi) is 3.50. The Labute approximate surface area is 118 Å². The number of carbonyl (C=O) groups excluding carboxylic acids is 1. The van der Waals surface area contributed by atoms with Gasteiger partial charge in [0.05, 0.1) is 0 Å². The Morgan fingerprint density at radius 1 is 1.42 bits per heavy atom. The van der Waals surface area contributed by atoms with E-state index in [1.54, 1.807) is 0 Å². The fraction of sp³-hybridized carbons (Fsp3) is 0.533. The van der Waals surface area contributed by atoms with Crippen LogP contribution in [-0.4, -0.2) is 25.2 Å². The zero-order valence-corrected chi connectivity index (χ0v) is 11.9. The van der Waals surface area contributed by atoms with E-state index in [2.05, 4.69) is 0 Å². The molecule has 0 radical (unpaired) electrons. The fourth-order valence-corrected chi connectivity index (χ4v) is 3.38. The van der Waals surface area contributed by atoms with Gasteiger partial charge in [-0.25, -0.2) is 0 Å². The first-order valence-electron chi connectivity index (χ1n) is 6.89. The van der Waals surface area contributed by atoms with Crippen molar-refractivity contribution in [3.8, 4) is 0 Å². The van der Waals surface area contributed by atoms with Gasteiger partial charge in [0.15, 0.2) is 0 Å². The van der Waals surface area contributed by atoms with E-state index >= 15 is 0 Å². The highest BCUT2D eigenvalue weighted by Crippen LogP contribution is 2.34. The maximum atomic E-state index is 12.6. The first-order valence-corrected chi connectivity index (χ1v) is 7.26. The van der Waals surface area contributed by atoms with Crippen LogP contribution in [0, 0.1) is 6.92 Å². The molecule has 1 amide bonds. The molecule has 1 aromatic carbocycles. The van der Waals surface area contributed by atoms with Crippen molar-refractivity contribution >= 4 is 23.2 Å². The van der Waals surface area contributed by atoms with Gasteiger partial charge < -0.3 is 9.64 Å². The molecule has 1 unspecified atom stereocenters. The molecule has 0 N–H and O–H groups in total. The summed E-state index contributed by atoms with van der Waals surface area (Å²) in [6, 6.07) is 3.92. The summed E-state index contributed by atoms with van der Waals surface area (Å²) >= 11 is 6.11. The molecule has 19 heavy (non-hydrogen) atoms. The van der Waals surface area contributed by atoms with Crippen molar-refractivity contribution in [2.45, 2.75) is 38.7 Å². The highest BCUT2D eigenvalue weighted by Gasteiger charge is 2.32. The van der Waals surface area contributed by atoms with Crippen molar-refractivity contribution in [1.29, 1.82) is 0 Å². The number of amides is 1. The van der Waals surface area contributed by atoms with Gasteiger partial charge in [-0.3, -0.25) is 4.79 Å². The molecule has 4 heteroatoms. The van der Waals surface area contributed by atoms with Crippen molar-refractivity contribution < 1.29 is 9.53 Å². The van der Waals surface area contributed by atoms with Crippen molar-refractivity contribution in [1.82, 2.24) is 0 Å². The third-order valence-electron chi connectivity index (χ3n) is 3.91. The first-order chi connectivity index (χ1) is 9.16. The molecule has 0 bridgehead atoms. The Morgan fingerprint density at radius 3 is 3.00 bits per heavy atom. The summed E-state index contributed by atoms with van der Waals surface area (Å²) in [5, 5.41) is 0.752. The lowest BCUT2D eigenvalue weighted by atomic mass is 9.97. The zero-order valence-electron chi connectivity index (χ0n) is 11.1. The molecule has 1 fully saturated rings. The molecule has 1 atom stereocenters. The van der Waals surface area contributed by atoms with Crippen LogP contribution in [-0.2, 0) is 16.0 Å². The summed E-state index contributed by atoms with van der Waals surface area (Å²) < 4.78 is 5.53. The number of aryl methyl sites for hydroxylation is 2. The highest BCUT2D eigenvalue weighted by atomic mass is 35.5. The number of nitrogens with zero attached hydrogens (tertiary/aromatic N) is 1. The second-order valence-corrected chi connectivity index (χ2v) is 5.76. The summed E-state index contributed by atoms with van der Waals surface area (Å²) in [7, 11) is 0. The number of carbonyl (C=O) groups is 1. The monoisotopic (exact) mass is 279 g/mol. The minimum Gasteiger partial charge on any atom is -0.368 e. The molecule has 0 spiro atoms. The van der Waals surface area contributed by atoms with E-state index in [1.165, 1.54) is 5.56 Å². The third-order valence-corrected chi connectivity index (χ3v) is 4.13. The average Bonchev–Trinajstić information content (AvgIpc) is 2.90. The summed E-state index contributed by atoms with van der Waals surface area (Å²) in [5.74, 6) is 0.115. The van der Waals surface area contributed by atoms with E-state index in [0.29, 0.717) is 6.61 Å². The van der Waals surface area contributed by atoms with E-state index in [0.717, 1.165) is 48.5 Å². The number of rotatable bonds is 1. The van der Waals surface area contributed by atoms with Gasteiger partial charge in [-0.1, -0.05) is 11.6 Å². The second kappa shape index (κ2) is 5.14. The van der Waals surface area contributed by atoms with Crippen LogP contribution in [0.3, 0.4) is 0 Å². The molecular weight excluding hydrogens is 262 g/mol. The molecular formula is C15H18ClNO2. The van der Waals surface area contributed by atoms with Gasteiger partial charge in [0.2, 0.25) is 0 Å². The van der Waals surface area contributed by atoms with Crippen molar-refractivity contribution in [2.75, 3.05) is 18.1 Å². The van der Waals surface area contributed by atoms with Crippen LogP contribution in [0.5, 0.6) is 0 Å². The van der Waals surface area contributed by atoms with E-state index in [9.17, 15) is 4.79 Å². The van der Waals surface area contributed by atoms with Crippen LogP contribution in [0.25, 0.3) is 0 Å². The Morgan fingerprint density at radius 2 is 2.26 bits per heavy atom. The summed E-state index contributed by atoms with van der Waals surface area (Å²) in [6.07, 6.45) is 3.56. The van der Waals surface area contributed by atoms with E-state index in [-0.39, 0.29) is 12.0 Å². The van der Waals surface area contributed by atoms with Gasteiger partial charge in [-0.15, -0.1) is 0 Å². The smallest absolute Gasteiger partial charge is 0.256 e. The van der Waals surface area contributed by atoms with Gasteiger partial charge in [0.1, 0.15) is 6.10 Å². The predicted octanol–water partition coefficient (Wildman–Crippen LogP) is 3.11. The molecule has 1 saturated heterocycles. The average molecular weight is 280 g/mol. The highest BCUT2D eigenvalue weighted by molar-refractivity contribution is 6.30. The van der Waals surface area contributed by atoms with Gasteiger partial charge in [-0.05, 0) is 55.9 Å². The van der Waals surface area contributed by atoms with Crippen LogP contribution in [0.4, 0.5) is 5.69 Å². The van der Waals surface area contributed by atoms with Crippen molar-refractivity contribution in [3.05, 3.63) is 28.3 Å². The molecule has 102 valence electrons. The van der Waals surface area contributed by atoms with Crippen molar-refractivity contribution in [3.63, 3.8) is 0 Å². The number of benzene rings is 1. The lowest BCUT2D eigenvalue weighted by molar-refractivity contribution is -0.127. The van der Waals surface area contributed by atoms with E-state index < -0.39 is 0 Å². The van der Waals surface area contributed by atoms with Crippen LogP contribution < -0.4 is 4.90 Å². The lowest BCUT2D eigenvalue weighted by Crippen LogP contribution is -2.42. The molecule has 2 aliphatic rings. The number of anilines is 1. The topological polar surface area (TPSA) is 29.5 Å². The molecule has 0 saturated carbocycles. The predicted molar refractivity (Wildman–Crippen MR) is 75.8 cm³/mol. The zero-order chi connectivity index (χ0) is 13.4. The van der Waals surface area contributed by atoms with Crippen LogP contribution in [0.15, 0.2) is 12.1 Å². The number of fused-ring (bicyclic) bond motifs is 1. The minimum atomic E-state index is -0.249. The number of hydrogen-bond acceptors (Lipinski definition) is 2. The Hall–Kier alpha value is -1.06. The number of ether oxygens (including phenoxy) is 1. The molecule has 3 nitrogen and oxygen atoms in total. The van der Waals surface area contributed by atoms with Gasteiger partial charge >= 0.3 is 0 Å².